The molecule has 0 spiro atoms. The smallest absolute Gasteiger partial charge is 0.271 e. The van der Waals surface area contributed by atoms with Gasteiger partial charge in [-0.15, -0.1) is 34.9 Å². The summed E-state index contributed by atoms with van der Waals surface area (Å²) in [5, 5.41) is 65.1. The molecule has 0 saturated heterocycles. The number of hydrogen-bond donors (Lipinski definition) is 8. The lowest BCUT2D eigenvalue weighted by atomic mass is 10.2. The third-order valence-corrected chi connectivity index (χ3v) is 8.16. The van der Waals surface area contributed by atoms with Gasteiger partial charge >= 0.3 is 0 Å². The number of nitrogens with zero attached hydrogens (tertiary/aromatic N) is 2. The molecule has 0 fully saturated rings. The number of aromatic hydroxyl groups is 6. The molecule has 1 aromatic heterocycles. The van der Waals surface area contributed by atoms with Crippen molar-refractivity contribution in [3.8, 4) is 34.5 Å². The fraction of sp³-hybridized carbons (Fsp3) is 0.0909. The molecule has 37 heavy (non-hydrogen) atoms. The van der Waals surface area contributed by atoms with E-state index in [1.54, 1.807) is 0 Å². The minimum atomic E-state index is -0.754. The number of benzene rings is 2. The van der Waals surface area contributed by atoms with E-state index in [4.69, 9.17) is 0 Å². The van der Waals surface area contributed by atoms with Crippen LogP contribution in [0.25, 0.3) is 0 Å². The Balaban J connectivity index is 1.81. The van der Waals surface area contributed by atoms with Crippen LogP contribution in [0.3, 0.4) is 0 Å². The van der Waals surface area contributed by atoms with Gasteiger partial charge in [0.05, 0.1) is 20.8 Å². The van der Waals surface area contributed by atoms with Crippen LogP contribution in [-0.4, -0.2) is 67.4 Å². The van der Waals surface area contributed by atoms with Gasteiger partial charge in [0.15, 0.2) is 34.5 Å². The van der Waals surface area contributed by atoms with Crippen LogP contribution in [0.4, 0.5) is 0 Å². The number of amides is 2. The summed E-state index contributed by atoms with van der Waals surface area (Å²) in [5.41, 5.74) is 5.45. The van der Waals surface area contributed by atoms with Gasteiger partial charge in [-0.1, -0.05) is 0 Å². The number of carbonyl (C=O) groups excluding carboxylic acids is 2. The SMILES string of the molecule is CSc1sc(SC)c(C=NNC(=O)c2cc(O)c(O)c(O)c2)c1C=NNC(=O)c1cc(O)c(O)c(O)c1. The van der Waals surface area contributed by atoms with Crippen LogP contribution in [0, 0.1) is 0 Å². The van der Waals surface area contributed by atoms with Crippen LogP contribution in [0.15, 0.2) is 42.9 Å². The molecule has 15 heteroatoms. The van der Waals surface area contributed by atoms with Crippen molar-refractivity contribution in [1.82, 2.24) is 10.9 Å². The molecule has 8 N–H and O–H groups in total. The van der Waals surface area contributed by atoms with Crippen LogP contribution in [0.5, 0.6) is 34.5 Å². The molecule has 0 bridgehead atoms. The highest BCUT2D eigenvalue weighted by Gasteiger charge is 2.17. The standard InChI is InChI=1S/C22H20N4O8S3/c1-35-21-11(7-23-25-19(33)9-3-13(27)17(31)14(28)4-9)12(22(36-2)37-21)8-24-26-20(34)10-5-15(29)18(32)16(30)6-10/h3-8,27-32H,1-2H3,(H,25,33)(H,26,34). The van der Waals surface area contributed by atoms with Crippen molar-refractivity contribution in [3.63, 3.8) is 0 Å². The molecule has 0 radical (unpaired) electrons. The van der Waals surface area contributed by atoms with Gasteiger partial charge in [0.2, 0.25) is 0 Å². The highest BCUT2D eigenvalue weighted by atomic mass is 32.2. The number of phenolic OH excluding ortho intramolecular Hbond substituents is 6. The highest BCUT2D eigenvalue weighted by molar-refractivity contribution is 8.02. The zero-order valence-corrected chi connectivity index (χ0v) is 21.5. The van der Waals surface area contributed by atoms with Gasteiger partial charge in [-0.3, -0.25) is 9.59 Å². The molecular formula is C22H20N4O8S3. The topological polar surface area (TPSA) is 204 Å². The largest absolute Gasteiger partial charge is 0.504 e. The molecule has 2 aromatic carbocycles. The second-order valence-electron chi connectivity index (χ2n) is 7.04. The summed E-state index contributed by atoms with van der Waals surface area (Å²) < 4.78 is 1.67. The predicted molar refractivity (Wildman–Crippen MR) is 141 cm³/mol. The number of thioether (sulfide) groups is 2. The Morgan fingerprint density at radius 1 is 0.703 bits per heavy atom. The summed E-state index contributed by atoms with van der Waals surface area (Å²) in [6.07, 6.45) is 6.44. The normalized spacial score (nSPS) is 11.3. The minimum Gasteiger partial charge on any atom is -0.504 e. The van der Waals surface area contributed by atoms with Gasteiger partial charge in [0.1, 0.15) is 0 Å². The Bertz CT molecular complexity index is 1270. The van der Waals surface area contributed by atoms with Gasteiger partial charge < -0.3 is 30.6 Å². The maximum absolute atomic E-state index is 12.3. The first-order valence-corrected chi connectivity index (χ1v) is 13.2. The van der Waals surface area contributed by atoms with Crippen molar-refractivity contribution in [2.75, 3.05) is 12.5 Å². The summed E-state index contributed by atoms with van der Waals surface area (Å²) in [6.45, 7) is 0. The average Bonchev–Trinajstić information content (AvgIpc) is 3.21. The molecule has 0 unspecified atom stereocenters. The summed E-state index contributed by atoms with van der Waals surface area (Å²) in [7, 11) is 0. The fourth-order valence-electron chi connectivity index (χ4n) is 2.87. The van der Waals surface area contributed by atoms with E-state index in [9.17, 15) is 40.2 Å². The minimum absolute atomic E-state index is 0.138. The number of rotatable bonds is 8. The van der Waals surface area contributed by atoms with E-state index in [2.05, 4.69) is 21.1 Å². The summed E-state index contributed by atoms with van der Waals surface area (Å²) in [5.74, 6) is -5.67. The van der Waals surface area contributed by atoms with Gasteiger partial charge in [0.25, 0.3) is 11.8 Å². The molecule has 3 aromatic rings. The van der Waals surface area contributed by atoms with E-state index in [0.29, 0.717) is 11.1 Å². The first kappa shape index (κ1) is 27.5. The Hall–Kier alpha value is -4.08. The quantitative estimate of drug-likeness (QED) is 0.0869. The summed E-state index contributed by atoms with van der Waals surface area (Å²) in [6, 6.07) is 3.88. The number of thiophene rings is 1. The molecule has 2 amide bonds. The number of hydrogen-bond acceptors (Lipinski definition) is 13. The van der Waals surface area contributed by atoms with E-state index in [-0.39, 0.29) is 11.1 Å². The Labute approximate surface area is 222 Å². The zero-order valence-electron chi connectivity index (χ0n) is 19.1. The molecule has 0 aliphatic carbocycles. The molecule has 1 heterocycles. The predicted octanol–water partition coefficient (Wildman–Crippen LogP) is 2.95. The van der Waals surface area contributed by atoms with Gasteiger partial charge in [-0.2, -0.15) is 10.2 Å². The average molecular weight is 565 g/mol. The van der Waals surface area contributed by atoms with Crippen molar-refractivity contribution in [2.45, 2.75) is 8.42 Å². The van der Waals surface area contributed by atoms with Crippen molar-refractivity contribution in [3.05, 3.63) is 46.5 Å². The maximum atomic E-state index is 12.3. The van der Waals surface area contributed by atoms with Crippen LogP contribution in [-0.2, 0) is 0 Å². The Kier molecular flexibility index (Phi) is 8.75. The van der Waals surface area contributed by atoms with Crippen molar-refractivity contribution < 1.29 is 40.2 Å². The zero-order chi connectivity index (χ0) is 27.3. The number of phenols is 6. The van der Waals surface area contributed by atoms with Gasteiger partial charge in [-0.25, -0.2) is 10.9 Å². The molecular weight excluding hydrogens is 544 g/mol. The Morgan fingerprint density at radius 2 is 1.03 bits per heavy atom. The molecule has 0 saturated carbocycles. The monoisotopic (exact) mass is 564 g/mol. The third-order valence-electron chi connectivity index (χ3n) is 4.67. The van der Waals surface area contributed by atoms with Gasteiger partial charge in [-0.05, 0) is 36.8 Å². The number of carbonyl (C=O) groups is 2. The second-order valence-corrected chi connectivity index (χ2v) is 10.2. The maximum Gasteiger partial charge on any atom is 0.271 e. The molecule has 12 nitrogen and oxygen atoms in total. The lowest BCUT2D eigenvalue weighted by Crippen LogP contribution is -2.18. The highest BCUT2D eigenvalue weighted by Crippen LogP contribution is 2.39. The first-order valence-electron chi connectivity index (χ1n) is 9.98. The molecule has 194 valence electrons. The lowest BCUT2D eigenvalue weighted by Gasteiger charge is -2.05. The van der Waals surface area contributed by atoms with Crippen LogP contribution in [0.2, 0.25) is 0 Å². The van der Waals surface area contributed by atoms with E-state index in [1.807, 2.05) is 12.5 Å². The second kappa shape index (κ2) is 11.8. The molecule has 0 atom stereocenters. The molecule has 0 aliphatic heterocycles. The van der Waals surface area contributed by atoms with E-state index in [1.165, 1.54) is 47.3 Å². The fourth-order valence-corrected chi connectivity index (χ4v) is 5.68. The van der Waals surface area contributed by atoms with Crippen LogP contribution < -0.4 is 10.9 Å². The van der Waals surface area contributed by atoms with E-state index in [0.717, 1.165) is 32.7 Å². The third kappa shape index (κ3) is 6.19. The van der Waals surface area contributed by atoms with Crippen LogP contribution >= 0.6 is 34.9 Å². The number of nitrogens with one attached hydrogen (secondary N) is 2. The van der Waals surface area contributed by atoms with Crippen molar-refractivity contribution >= 4 is 59.1 Å². The van der Waals surface area contributed by atoms with Crippen molar-refractivity contribution in [2.24, 2.45) is 10.2 Å². The van der Waals surface area contributed by atoms with Crippen LogP contribution in [0.1, 0.15) is 31.8 Å². The van der Waals surface area contributed by atoms with Gasteiger partial charge in [0, 0.05) is 22.3 Å². The summed E-state index contributed by atoms with van der Waals surface area (Å²) >= 11 is 4.29. The van der Waals surface area contributed by atoms with E-state index >= 15 is 0 Å². The molecule has 3 rings (SSSR count). The summed E-state index contributed by atoms with van der Waals surface area (Å²) in [4.78, 5) is 24.7. The Morgan fingerprint density at radius 3 is 1.32 bits per heavy atom. The first-order chi connectivity index (χ1) is 17.6. The lowest BCUT2D eigenvalue weighted by molar-refractivity contribution is 0.0946. The van der Waals surface area contributed by atoms with Crippen molar-refractivity contribution in [1.29, 1.82) is 0 Å². The molecule has 0 aliphatic rings. The van der Waals surface area contributed by atoms with E-state index < -0.39 is 46.3 Å². The number of hydrazone groups is 2.